The number of rotatable bonds is 6. The lowest BCUT2D eigenvalue weighted by molar-refractivity contribution is -0.138. The van der Waals surface area contributed by atoms with Crippen molar-refractivity contribution >= 4 is 11.9 Å². The van der Waals surface area contributed by atoms with Gasteiger partial charge >= 0.3 is 5.97 Å². The van der Waals surface area contributed by atoms with E-state index in [0.29, 0.717) is 18.4 Å². The number of carboxylic acids is 1. The predicted molar refractivity (Wildman–Crippen MR) is 70.3 cm³/mol. The zero-order chi connectivity index (χ0) is 13.7. The van der Waals surface area contributed by atoms with Gasteiger partial charge in [0.25, 0.3) is 0 Å². The molecular formula is C13H19N3O3. The quantitative estimate of drug-likeness (QED) is 0.819. The Morgan fingerprint density at radius 2 is 2.26 bits per heavy atom. The first-order valence-corrected chi connectivity index (χ1v) is 6.59. The molecule has 19 heavy (non-hydrogen) atoms. The molecule has 0 aromatic carbocycles. The van der Waals surface area contributed by atoms with Crippen LogP contribution in [0, 0.1) is 0 Å². The molecule has 0 amide bonds. The highest BCUT2D eigenvalue weighted by Crippen LogP contribution is 2.35. The normalized spacial score (nSPS) is 17.1. The molecule has 0 aliphatic heterocycles. The Morgan fingerprint density at radius 1 is 1.53 bits per heavy atom. The maximum Gasteiger partial charge on any atom is 0.305 e. The molecule has 0 radical (unpaired) electrons. The fourth-order valence-electron chi connectivity index (χ4n) is 2.56. The smallest absolute Gasteiger partial charge is 0.305 e. The third-order valence-electron chi connectivity index (χ3n) is 3.35. The minimum absolute atomic E-state index is 0.0925. The van der Waals surface area contributed by atoms with Gasteiger partial charge < -0.3 is 15.2 Å². The number of aromatic nitrogens is 2. The molecule has 104 valence electrons. The standard InChI is InChI=1S/C13H19N3O3/c1-2-19-10-5-8-14-12(15-10)16-13(9-11(17)18)6-3-4-7-13/h5,8H,2-4,6-7,9H2,1H3,(H,17,18)(H,14,15,16). The van der Waals surface area contributed by atoms with E-state index in [1.165, 1.54) is 0 Å². The fourth-order valence-corrected chi connectivity index (χ4v) is 2.56. The van der Waals surface area contributed by atoms with E-state index in [0.717, 1.165) is 25.7 Å². The topological polar surface area (TPSA) is 84.3 Å². The first-order chi connectivity index (χ1) is 9.13. The van der Waals surface area contributed by atoms with Crippen molar-refractivity contribution in [3.8, 4) is 5.88 Å². The van der Waals surface area contributed by atoms with Crippen LogP contribution in [0.5, 0.6) is 5.88 Å². The minimum atomic E-state index is -0.796. The van der Waals surface area contributed by atoms with E-state index in [-0.39, 0.29) is 6.42 Å². The summed E-state index contributed by atoms with van der Waals surface area (Å²) in [5.41, 5.74) is -0.420. The first-order valence-electron chi connectivity index (χ1n) is 6.59. The zero-order valence-electron chi connectivity index (χ0n) is 11.1. The van der Waals surface area contributed by atoms with Gasteiger partial charge in [0.2, 0.25) is 11.8 Å². The van der Waals surface area contributed by atoms with Crippen molar-refractivity contribution in [2.45, 2.75) is 44.6 Å². The Morgan fingerprint density at radius 3 is 2.89 bits per heavy atom. The Bertz CT molecular complexity index is 445. The number of anilines is 1. The third-order valence-corrected chi connectivity index (χ3v) is 3.35. The maximum atomic E-state index is 11.0. The maximum absolute atomic E-state index is 11.0. The van der Waals surface area contributed by atoms with Gasteiger partial charge in [0, 0.05) is 12.3 Å². The molecule has 2 N–H and O–H groups in total. The van der Waals surface area contributed by atoms with Gasteiger partial charge in [0.05, 0.1) is 18.6 Å². The van der Waals surface area contributed by atoms with Gasteiger partial charge in [0.15, 0.2) is 0 Å². The van der Waals surface area contributed by atoms with Crippen molar-refractivity contribution in [1.29, 1.82) is 0 Å². The van der Waals surface area contributed by atoms with Crippen LogP contribution in [0.2, 0.25) is 0 Å². The summed E-state index contributed by atoms with van der Waals surface area (Å²) in [6.45, 7) is 2.43. The Labute approximate surface area is 112 Å². The number of ether oxygens (including phenoxy) is 1. The van der Waals surface area contributed by atoms with Gasteiger partial charge in [-0.3, -0.25) is 4.79 Å². The molecular weight excluding hydrogens is 246 g/mol. The summed E-state index contributed by atoms with van der Waals surface area (Å²) in [6, 6.07) is 1.69. The molecule has 0 unspecified atom stereocenters. The lowest BCUT2D eigenvalue weighted by Gasteiger charge is -2.28. The van der Waals surface area contributed by atoms with E-state index in [1.807, 2.05) is 6.92 Å². The lowest BCUT2D eigenvalue weighted by atomic mass is 9.93. The fraction of sp³-hybridized carbons (Fsp3) is 0.615. The van der Waals surface area contributed by atoms with Crippen LogP contribution < -0.4 is 10.1 Å². The third kappa shape index (κ3) is 3.56. The number of nitrogens with one attached hydrogen (secondary N) is 1. The molecule has 6 nitrogen and oxygen atoms in total. The van der Waals surface area contributed by atoms with Crippen molar-refractivity contribution in [3.05, 3.63) is 12.3 Å². The summed E-state index contributed by atoms with van der Waals surface area (Å²) >= 11 is 0. The monoisotopic (exact) mass is 265 g/mol. The Hall–Kier alpha value is -1.85. The summed E-state index contributed by atoms with van der Waals surface area (Å²) in [5, 5.41) is 12.3. The van der Waals surface area contributed by atoms with Crippen molar-refractivity contribution in [1.82, 2.24) is 9.97 Å². The largest absolute Gasteiger partial charge is 0.481 e. The highest BCUT2D eigenvalue weighted by molar-refractivity contribution is 5.69. The first kappa shape index (κ1) is 13.6. The number of nitrogens with zero attached hydrogens (tertiary/aromatic N) is 2. The highest BCUT2D eigenvalue weighted by Gasteiger charge is 2.36. The Kier molecular flexibility index (Phi) is 4.19. The zero-order valence-corrected chi connectivity index (χ0v) is 11.1. The van der Waals surface area contributed by atoms with Gasteiger partial charge in [-0.2, -0.15) is 4.98 Å². The molecule has 1 fully saturated rings. The predicted octanol–water partition coefficient (Wildman–Crippen LogP) is 2.07. The van der Waals surface area contributed by atoms with Gasteiger partial charge in [-0.25, -0.2) is 4.98 Å². The number of carbonyl (C=O) groups is 1. The summed E-state index contributed by atoms with van der Waals surface area (Å²) in [5.74, 6) is 0.146. The van der Waals surface area contributed by atoms with E-state index in [4.69, 9.17) is 9.84 Å². The van der Waals surface area contributed by atoms with Crippen LogP contribution in [-0.2, 0) is 4.79 Å². The Balaban J connectivity index is 2.12. The molecule has 6 heteroatoms. The second kappa shape index (κ2) is 5.86. The molecule has 0 saturated heterocycles. The van der Waals surface area contributed by atoms with E-state index in [2.05, 4.69) is 15.3 Å². The van der Waals surface area contributed by atoms with Gasteiger partial charge in [-0.15, -0.1) is 0 Å². The van der Waals surface area contributed by atoms with Gasteiger partial charge in [0.1, 0.15) is 0 Å². The van der Waals surface area contributed by atoms with Crippen LogP contribution in [-0.4, -0.2) is 33.2 Å². The van der Waals surface area contributed by atoms with E-state index in [1.54, 1.807) is 12.3 Å². The van der Waals surface area contributed by atoms with Gasteiger partial charge in [-0.1, -0.05) is 12.8 Å². The molecule has 0 atom stereocenters. The number of hydrogen-bond donors (Lipinski definition) is 2. The molecule has 2 rings (SSSR count). The van der Waals surface area contributed by atoms with Crippen LogP contribution in [0.3, 0.4) is 0 Å². The molecule has 1 aliphatic rings. The SMILES string of the molecule is CCOc1ccnc(NC2(CC(=O)O)CCCC2)n1. The number of carboxylic acid groups (broad SMARTS) is 1. The summed E-state index contributed by atoms with van der Waals surface area (Å²) in [4.78, 5) is 19.4. The summed E-state index contributed by atoms with van der Waals surface area (Å²) < 4.78 is 5.32. The highest BCUT2D eigenvalue weighted by atomic mass is 16.5. The molecule has 0 spiro atoms. The molecule has 1 saturated carbocycles. The van der Waals surface area contributed by atoms with Crippen LogP contribution in [0.25, 0.3) is 0 Å². The minimum Gasteiger partial charge on any atom is -0.481 e. The van der Waals surface area contributed by atoms with Crippen LogP contribution in [0.4, 0.5) is 5.95 Å². The van der Waals surface area contributed by atoms with E-state index >= 15 is 0 Å². The van der Waals surface area contributed by atoms with Crippen molar-refractivity contribution in [3.63, 3.8) is 0 Å². The average Bonchev–Trinajstić information content (AvgIpc) is 2.77. The molecule has 1 aromatic heterocycles. The van der Waals surface area contributed by atoms with Crippen LogP contribution in [0.1, 0.15) is 39.0 Å². The van der Waals surface area contributed by atoms with E-state index < -0.39 is 11.5 Å². The molecule has 1 aliphatic carbocycles. The van der Waals surface area contributed by atoms with Gasteiger partial charge in [-0.05, 0) is 19.8 Å². The summed E-state index contributed by atoms with van der Waals surface area (Å²) in [7, 11) is 0. The lowest BCUT2D eigenvalue weighted by Crippen LogP contribution is -2.38. The molecule has 1 heterocycles. The van der Waals surface area contributed by atoms with E-state index in [9.17, 15) is 4.79 Å². The van der Waals surface area contributed by atoms with Crippen molar-refractivity contribution < 1.29 is 14.6 Å². The van der Waals surface area contributed by atoms with Crippen LogP contribution in [0.15, 0.2) is 12.3 Å². The van der Waals surface area contributed by atoms with Crippen molar-refractivity contribution in [2.75, 3.05) is 11.9 Å². The summed E-state index contributed by atoms with van der Waals surface area (Å²) in [6.07, 6.45) is 5.44. The second-order valence-electron chi connectivity index (χ2n) is 4.83. The van der Waals surface area contributed by atoms with Crippen LogP contribution >= 0.6 is 0 Å². The number of aliphatic carboxylic acids is 1. The number of hydrogen-bond acceptors (Lipinski definition) is 5. The molecule has 0 bridgehead atoms. The average molecular weight is 265 g/mol. The second-order valence-corrected chi connectivity index (χ2v) is 4.83. The molecule has 1 aromatic rings. The van der Waals surface area contributed by atoms with Crippen molar-refractivity contribution in [2.24, 2.45) is 0 Å².